The Bertz CT molecular complexity index is 1130. The van der Waals surface area contributed by atoms with E-state index >= 15 is 0 Å². The molecular formula is C19H21N5O3S. The Balaban J connectivity index is 1.57. The van der Waals surface area contributed by atoms with Gasteiger partial charge >= 0.3 is 0 Å². The Morgan fingerprint density at radius 1 is 1.14 bits per heavy atom. The van der Waals surface area contributed by atoms with Gasteiger partial charge in [-0.1, -0.05) is 30.3 Å². The maximum Gasteiger partial charge on any atom is 0.239 e. The topological polar surface area (TPSA) is 96.7 Å². The maximum atomic E-state index is 12.9. The Labute approximate surface area is 163 Å². The van der Waals surface area contributed by atoms with Gasteiger partial charge in [-0.25, -0.2) is 8.42 Å². The molecule has 0 spiro atoms. The molecule has 1 aliphatic heterocycles. The number of pyridine rings is 1. The predicted molar refractivity (Wildman–Crippen MR) is 104 cm³/mol. The molecule has 0 radical (unpaired) electrons. The van der Waals surface area contributed by atoms with E-state index in [9.17, 15) is 13.2 Å². The molecule has 1 aliphatic rings. The first-order valence-corrected chi connectivity index (χ1v) is 10.7. The van der Waals surface area contributed by atoms with E-state index in [2.05, 4.69) is 15.5 Å². The van der Waals surface area contributed by atoms with E-state index < -0.39 is 16.1 Å². The van der Waals surface area contributed by atoms with Crippen LogP contribution in [0.15, 0.2) is 48.7 Å². The van der Waals surface area contributed by atoms with Crippen LogP contribution in [0.2, 0.25) is 0 Å². The van der Waals surface area contributed by atoms with Crippen LogP contribution in [0.4, 0.5) is 0 Å². The molecule has 3 heterocycles. The molecular weight excluding hydrogens is 378 g/mol. The highest BCUT2D eigenvalue weighted by Crippen LogP contribution is 2.26. The standard InChI is InChI=1S/C19H21N5O3S/c1-2-28(26,27)24-13-15-8-4-3-7-14(15)11-16(24)19(25)20-12-18-22-21-17-9-5-6-10-23(17)18/h3-10,16H,2,11-13H2,1H3,(H,20,25)/t16-/m1/s1. The van der Waals surface area contributed by atoms with Crippen LogP contribution in [0.25, 0.3) is 5.65 Å². The van der Waals surface area contributed by atoms with E-state index in [4.69, 9.17) is 0 Å². The van der Waals surface area contributed by atoms with Crippen molar-refractivity contribution in [2.24, 2.45) is 0 Å². The summed E-state index contributed by atoms with van der Waals surface area (Å²) in [5, 5.41) is 11.0. The quantitative estimate of drug-likeness (QED) is 0.694. The summed E-state index contributed by atoms with van der Waals surface area (Å²) in [5.41, 5.74) is 2.62. The molecule has 1 amide bonds. The average Bonchev–Trinajstić information content (AvgIpc) is 3.14. The molecule has 8 nitrogen and oxygen atoms in total. The summed E-state index contributed by atoms with van der Waals surface area (Å²) in [6.45, 7) is 1.97. The highest BCUT2D eigenvalue weighted by Gasteiger charge is 2.37. The number of sulfonamides is 1. The van der Waals surface area contributed by atoms with Crippen LogP contribution in [0.5, 0.6) is 0 Å². The number of nitrogens with one attached hydrogen (secondary N) is 1. The number of carbonyl (C=O) groups excluding carboxylic acids is 1. The van der Waals surface area contributed by atoms with Crippen molar-refractivity contribution >= 4 is 21.6 Å². The largest absolute Gasteiger partial charge is 0.347 e. The van der Waals surface area contributed by atoms with Crippen molar-refractivity contribution in [3.8, 4) is 0 Å². The van der Waals surface area contributed by atoms with E-state index in [1.54, 1.807) is 11.3 Å². The summed E-state index contributed by atoms with van der Waals surface area (Å²) < 4.78 is 28.3. The first-order valence-electron chi connectivity index (χ1n) is 9.12. The van der Waals surface area contributed by atoms with Crippen LogP contribution in [-0.2, 0) is 34.3 Å². The van der Waals surface area contributed by atoms with Gasteiger partial charge in [0.25, 0.3) is 0 Å². The molecule has 0 saturated heterocycles. The highest BCUT2D eigenvalue weighted by atomic mass is 32.2. The average molecular weight is 399 g/mol. The van der Waals surface area contributed by atoms with Crippen molar-refractivity contribution in [2.75, 3.05) is 5.75 Å². The number of aromatic nitrogens is 3. The summed E-state index contributed by atoms with van der Waals surface area (Å²) in [7, 11) is -3.53. The van der Waals surface area contributed by atoms with Crippen molar-refractivity contribution in [1.29, 1.82) is 0 Å². The molecule has 146 valence electrons. The number of hydrogen-bond acceptors (Lipinski definition) is 5. The minimum absolute atomic E-state index is 0.0479. The van der Waals surface area contributed by atoms with E-state index in [-0.39, 0.29) is 24.7 Å². The zero-order valence-electron chi connectivity index (χ0n) is 15.4. The number of amides is 1. The maximum absolute atomic E-state index is 12.9. The number of rotatable bonds is 5. The molecule has 3 aromatic rings. The molecule has 0 bridgehead atoms. The molecule has 0 fully saturated rings. The third kappa shape index (κ3) is 3.38. The predicted octanol–water partition coefficient (Wildman–Crippen LogP) is 1.12. The molecule has 2 aromatic heterocycles. The van der Waals surface area contributed by atoms with Crippen molar-refractivity contribution in [3.05, 3.63) is 65.6 Å². The second kappa shape index (κ2) is 7.33. The van der Waals surface area contributed by atoms with Gasteiger partial charge < -0.3 is 5.32 Å². The number of fused-ring (bicyclic) bond motifs is 2. The summed E-state index contributed by atoms with van der Waals surface area (Å²) in [6, 6.07) is 12.4. The van der Waals surface area contributed by atoms with Crippen molar-refractivity contribution in [2.45, 2.75) is 32.5 Å². The van der Waals surface area contributed by atoms with Crippen LogP contribution >= 0.6 is 0 Å². The van der Waals surface area contributed by atoms with Crippen molar-refractivity contribution in [3.63, 3.8) is 0 Å². The smallest absolute Gasteiger partial charge is 0.239 e. The normalized spacial score (nSPS) is 17.4. The molecule has 0 aliphatic carbocycles. The molecule has 1 atom stereocenters. The zero-order valence-corrected chi connectivity index (χ0v) is 16.3. The number of nitrogens with zero attached hydrogens (tertiary/aromatic N) is 4. The van der Waals surface area contributed by atoms with Crippen LogP contribution in [-0.4, -0.2) is 45.0 Å². The highest BCUT2D eigenvalue weighted by molar-refractivity contribution is 7.89. The van der Waals surface area contributed by atoms with E-state index in [1.807, 2.05) is 48.7 Å². The van der Waals surface area contributed by atoms with E-state index in [0.717, 1.165) is 11.1 Å². The molecule has 9 heteroatoms. The Morgan fingerprint density at radius 2 is 1.89 bits per heavy atom. The first kappa shape index (κ1) is 18.6. The van der Waals surface area contributed by atoms with Crippen LogP contribution in [0.1, 0.15) is 23.9 Å². The van der Waals surface area contributed by atoms with Gasteiger partial charge in [0, 0.05) is 12.7 Å². The van der Waals surface area contributed by atoms with Gasteiger partial charge in [-0.3, -0.25) is 9.20 Å². The van der Waals surface area contributed by atoms with Gasteiger partial charge in [0.05, 0.1) is 12.3 Å². The minimum Gasteiger partial charge on any atom is -0.347 e. The monoisotopic (exact) mass is 399 g/mol. The van der Waals surface area contributed by atoms with E-state index in [0.29, 0.717) is 17.9 Å². The van der Waals surface area contributed by atoms with Crippen molar-refractivity contribution < 1.29 is 13.2 Å². The van der Waals surface area contributed by atoms with Crippen LogP contribution in [0.3, 0.4) is 0 Å². The summed E-state index contributed by atoms with van der Waals surface area (Å²) >= 11 is 0. The van der Waals surface area contributed by atoms with Gasteiger partial charge in [-0.05, 0) is 36.6 Å². The third-order valence-corrected chi connectivity index (χ3v) is 6.86. The Morgan fingerprint density at radius 3 is 2.68 bits per heavy atom. The van der Waals surface area contributed by atoms with Gasteiger partial charge in [-0.15, -0.1) is 10.2 Å². The second-order valence-corrected chi connectivity index (χ2v) is 8.91. The Kier molecular flexibility index (Phi) is 4.86. The number of benzene rings is 1. The van der Waals surface area contributed by atoms with Gasteiger partial charge in [0.15, 0.2) is 11.5 Å². The van der Waals surface area contributed by atoms with Gasteiger partial charge in [-0.2, -0.15) is 4.31 Å². The number of carbonyl (C=O) groups is 1. The molecule has 1 aromatic carbocycles. The SMILES string of the molecule is CCS(=O)(=O)N1Cc2ccccc2C[C@@H]1C(=O)NCc1nnc2ccccn12. The fourth-order valence-electron chi connectivity index (χ4n) is 3.48. The second-order valence-electron chi connectivity index (χ2n) is 6.70. The van der Waals surface area contributed by atoms with Gasteiger partial charge in [0.2, 0.25) is 15.9 Å². The summed E-state index contributed by atoms with van der Waals surface area (Å²) in [4.78, 5) is 12.9. The van der Waals surface area contributed by atoms with Crippen LogP contribution < -0.4 is 5.32 Å². The summed E-state index contributed by atoms with van der Waals surface area (Å²) in [5.74, 6) is 0.206. The summed E-state index contributed by atoms with van der Waals surface area (Å²) in [6.07, 6.45) is 2.17. The molecule has 0 unspecified atom stereocenters. The lowest BCUT2D eigenvalue weighted by Crippen LogP contribution is -2.52. The molecule has 28 heavy (non-hydrogen) atoms. The third-order valence-electron chi connectivity index (χ3n) is 5.04. The van der Waals surface area contributed by atoms with Crippen LogP contribution in [0, 0.1) is 0 Å². The number of hydrogen-bond donors (Lipinski definition) is 1. The van der Waals surface area contributed by atoms with Crippen molar-refractivity contribution in [1.82, 2.24) is 24.2 Å². The zero-order chi connectivity index (χ0) is 19.7. The Hall–Kier alpha value is -2.78. The van der Waals surface area contributed by atoms with E-state index in [1.165, 1.54) is 4.31 Å². The minimum atomic E-state index is -3.53. The molecule has 1 N–H and O–H groups in total. The first-order chi connectivity index (χ1) is 13.5. The van der Waals surface area contributed by atoms with Gasteiger partial charge in [0.1, 0.15) is 6.04 Å². The lowest BCUT2D eigenvalue weighted by Gasteiger charge is -2.34. The fourth-order valence-corrected chi connectivity index (χ4v) is 4.70. The molecule has 4 rings (SSSR count). The lowest BCUT2D eigenvalue weighted by molar-refractivity contribution is -0.125. The molecule has 0 saturated carbocycles. The fraction of sp³-hybridized carbons (Fsp3) is 0.316. The lowest BCUT2D eigenvalue weighted by atomic mass is 9.95.